The summed E-state index contributed by atoms with van der Waals surface area (Å²) in [5.74, 6) is -0.143. The molecule has 224 valence electrons. The Morgan fingerprint density at radius 2 is 0.860 bits per heavy atom. The number of hydrogen-bond donors (Lipinski definition) is 2. The summed E-state index contributed by atoms with van der Waals surface area (Å²) >= 11 is 12.6. The number of nitrogens with one attached hydrogen (secondary N) is 2. The average Bonchev–Trinajstić information content (AvgIpc) is 3.00. The standard InChI is InChI=1S/C37H40Cl2N2O2/c1-5-26-18-24(19-27(6-2)36(26)40-34(42)22-30-13-9-11-15-32(30)38)17-25-20-28(7-3)37(29(8-4)21-25)41-35(43)23-31-14-10-12-16-33(31)39/h9-16,18-21H,5-8,17,22-23H2,1-4H3,(H,40,42)(H,41,43). The quantitative estimate of drug-likeness (QED) is 0.167. The highest BCUT2D eigenvalue weighted by atomic mass is 35.5. The van der Waals surface area contributed by atoms with Gasteiger partial charge in [0.05, 0.1) is 12.8 Å². The highest BCUT2D eigenvalue weighted by molar-refractivity contribution is 6.32. The second-order valence-electron chi connectivity index (χ2n) is 10.8. The fourth-order valence-corrected chi connectivity index (χ4v) is 5.96. The van der Waals surface area contributed by atoms with Gasteiger partial charge in [0.2, 0.25) is 11.8 Å². The molecule has 4 rings (SSSR count). The van der Waals surface area contributed by atoms with Crippen LogP contribution in [0.15, 0.2) is 72.8 Å². The number of halogens is 2. The predicted molar refractivity (Wildman–Crippen MR) is 181 cm³/mol. The Hall–Kier alpha value is -3.60. The van der Waals surface area contributed by atoms with E-state index in [4.69, 9.17) is 23.2 Å². The molecule has 0 unspecified atom stereocenters. The van der Waals surface area contributed by atoms with Gasteiger partial charge >= 0.3 is 0 Å². The molecule has 0 saturated carbocycles. The summed E-state index contributed by atoms with van der Waals surface area (Å²) in [6, 6.07) is 23.8. The number of aryl methyl sites for hydroxylation is 4. The molecule has 0 radical (unpaired) electrons. The van der Waals surface area contributed by atoms with Gasteiger partial charge in [-0.3, -0.25) is 9.59 Å². The topological polar surface area (TPSA) is 58.2 Å². The van der Waals surface area contributed by atoms with Crippen molar-refractivity contribution in [2.75, 3.05) is 10.6 Å². The number of benzene rings is 4. The first-order chi connectivity index (χ1) is 20.8. The van der Waals surface area contributed by atoms with E-state index in [2.05, 4.69) is 62.6 Å². The van der Waals surface area contributed by atoms with Crippen LogP contribution in [0.4, 0.5) is 11.4 Å². The average molecular weight is 616 g/mol. The van der Waals surface area contributed by atoms with Crippen molar-refractivity contribution in [2.24, 2.45) is 0 Å². The molecule has 4 aromatic rings. The van der Waals surface area contributed by atoms with Gasteiger partial charge < -0.3 is 10.6 Å². The van der Waals surface area contributed by atoms with Crippen LogP contribution in [0.5, 0.6) is 0 Å². The van der Waals surface area contributed by atoms with Crippen molar-refractivity contribution in [3.63, 3.8) is 0 Å². The second-order valence-corrected chi connectivity index (χ2v) is 11.6. The van der Waals surface area contributed by atoms with Crippen LogP contribution in [-0.4, -0.2) is 11.8 Å². The van der Waals surface area contributed by atoms with E-state index in [1.54, 1.807) is 0 Å². The third kappa shape index (κ3) is 8.28. The van der Waals surface area contributed by atoms with Crippen molar-refractivity contribution in [3.05, 3.63) is 127 Å². The van der Waals surface area contributed by atoms with Gasteiger partial charge in [0.15, 0.2) is 0 Å². The summed E-state index contributed by atoms with van der Waals surface area (Å²) in [4.78, 5) is 26.0. The molecule has 0 fully saturated rings. The van der Waals surface area contributed by atoms with E-state index in [1.165, 1.54) is 11.1 Å². The van der Waals surface area contributed by atoms with Gasteiger partial charge in [-0.15, -0.1) is 0 Å². The van der Waals surface area contributed by atoms with E-state index in [0.717, 1.165) is 76.9 Å². The number of rotatable bonds is 12. The Morgan fingerprint density at radius 3 is 1.16 bits per heavy atom. The maximum Gasteiger partial charge on any atom is 0.228 e. The molecule has 6 heteroatoms. The zero-order valence-electron chi connectivity index (χ0n) is 25.5. The van der Waals surface area contributed by atoms with Gasteiger partial charge in [-0.1, -0.05) is 112 Å². The van der Waals surface area contributed by atoms with Crippen molar-refractivity contribution >= 4 is 46.4 Å². The fourth-order valence-electron chi connectivity index (χ4n) is 5.55. The zero-order valence-corrected chi connectivity index (χ0v) is 27.0. The van der Waals surface area contributed by atoms with Gasteiger partial charge in [-0.2, -0.15) is 0 Å². The van der Waals surface area contributed by atoms with E-state index in [-0.39, 0.29) is 24.7 Å². The monoisotopic (exact) mass is 614 g/mol. The van der Waals surface area contributed by atoms with Gasteiger partial charge in [-0.25, -0.2) is 0 Å². The molecule has 43 heavy (non-hydrogen) atoms. The highest BCUT2D eigenvalue weighted by Crippen LogP contribution is 2.30. The lowest BCUT2D eigenvalue weighted by atomic mass is 9.92. The first-order valence-corrected chi connectivity index (χ1v) is 15.9. The Kier molecular flexibility index (Phi) is 11.4. The minimum absolute atomic E-state index is 0.0717. The Morgan fingerprint density at radius 1 is 0.535 bits per heavy atom. The highest BCUT2D eigenvalue weighted by Gasteiger charge is 2.17. The molecule has 0 spiro atoms. The van der Waals surface area contributed by atoms with Crippen LogP contribution < -0.4 is 10.6 Å². The molecule has 0 aliphatic heterocycles. The third-order valence-corrected chi connectivity index (χ3v) is 8.54. The molecule has 2 amide bonds. The number of anilines is 2. The minimum Gasteiger partial charge on any atom is -0.325 e. The summed E-state index contributed by atoms with van der Waals surface area (Å²) in [5, 5.41) is 7.57. The van der Waals surface area contributed by atoms with Gasteiger partial charge in [-0.05, 0) is 88.7 Å². The Bertz CT molecular complexity index is 1440. The fraction of sp³-hybridized carbons (Fsp3) is 0.297. The van der Waals surface area contributed by atoms with E-state index >= 15 is 0 Å². The Balaban J connectivity index is 1.56. The molecule has 2 N–H and O–H groups in total. The van der Waals surface area contributed by atoms with Crippen LogP contribution in [0, 0.1) is 0 Å². The summed E-state index contributed by atoms with van der Waals surface area (Å²) in [5.41, 5.74) is 10.3. The molecular weight excluding hydrogens is 575 g/mol. The lowest BCUT2D eigenvalue weighted by Gasteiger charge is -2.19. The summed E-state index contributed by atoms with van der Waals surface area (Å²) < 4.78 is 0. The molecule has 4 nitrogen and oxygen atoms in total. The molecule has 0 aliphatic carbocycles. The molecule has 0 aromatic heterocycles. The van der Waals surface area contributed by atoms with E-state index in [0.29, 0.717) is 10.0 Å². The van der Waals surface area contributed by atoms with Crippen LogP contribution >= 0.6 is 23.2 Å². The largest absolute Gasteiger partial charge is 0.325 e. The number of hydrogen-bond acceptors (Lipinski definition) is 2. The van der Waals surface area contributed by atoms with Crippen molar-refractivity contribution < 1.29 is 9.59 Å². The number of amides is 2. The van der Waals surface area contributed by atoms with Crippen LogP contribution in [0.1, 0.15) is 72.2 Å². The molecular formula is C37H40Cl2N2O2. The van der Waals surface area contributed by atoms with Crippen molar-refractivity contribution in [3.8, 4) is 0 Å². The van der Waals surface area contributed by atoms with Crippen LogP contribution in [0.2, 0.25) is 10.0 Å². The Labute approximate surface area is 265 Å². The maximum absolute atomic E-state index is 13.0. The van der Waals surface area contributed by atoms with E-state index in [9.17, 15) is 9.59 Å². The molecule has 0 atom stereocenters. The van der Waals surface area contributed by atoms with Crippen molar-refractivity contribution in [1.82, 2.24) is 0 Å². The normalized spacial score (nSPS) is 10.9. The summed E-state index contributed by atoms with van der Waals surface area (Å²) in [7, 11) is 0. The predicted octanol–water partition coefficient (Wildman–Crippen LogP) is 9.20. The second kappa shape index (κ2) is 15.2. The van der Waals surface area contributed by atoms with E-state index < -0.39 is 0 Å². The number of carbonyl (C=O) groups excluding carboxylic acids is 2. The van der Waals surface area contributed by atoms with Gasteiger partial charge in [0.1, 0.15) is 0 Å². The zero-order chi connectivity index (χ0) is 30.9. The molecule has 0 bridgehead atoms. The third-order valence-electron chi connectivity index (χ3n) is 7.80. The molecule has 4 aromatic carbocycles. The minimum atomic E-state index is -0.0717. The van der Waals surface area contributed by atoms with Crippen LogP contribution in [0.3, 0.4) is 0 Å². The smallest absolute Gasteiger partial charge is 0.228 e. The van der Waals surface area contributed by atoms with E-state index in [1.807, 2.05) is 48.5 Å². The molecule has 0 heterocycles. The van der Waals surface area contributed by atoms with Gasteiger partial charge in [0, 0.05) is 21.4 Å². The SMILES string of the molecule is CCc1cc(Cc2cc(CC)c(NC(=O)Cc3ccccc3Cl)c(CC)c2)cc(CC)c1NC(=O)Cc1ccccc1Cl. The lowest BCUT2D eigenvalue weighted by Crippen LogP contribution is -2.18. The van der Waals surface area contributed by atoms with Crippen molar-refractivity contribution in [1.29, 1.82) is 0 Å². The first-order valence-electron chi connectivity index (χ1n) is 15.1. The van der Waals surface area contributed by atoms with Crippen LogP contribution in [-0.2, 0) is 54.5 Å². The van der Waals surface area contributed by atoms with Gasteiger partial charge in [0.25, 0.3) is 0 Å². The lowest BCUT2D eigenvalue weighted by molar-refractivity contribution is -0.116. The summed E-state index contributed by atoms with van der Waals surface area (Å²) in [6.07, 6.45) is 4.45. The maximum atomic E-state index is 13.0. The summed E-state index contributed by atoms with van der Waals surface area (Å²) in [6.45, 7) is 8.47. The molecule has 0 saturated heterocycles. The first kappa shape index (κ1) is 32.3. The number of carbonyl (C=O) groups is 2. The molecule has 0 aliphatic rings. The van der Waals surface area contributed by atoms with Crippen molar-refractivity contribution in [2.45, 2.75) is 72.6 Å². The van der Waals surface area contributed by atoms with Crippen LogP contribution in [0.25, 0.3) is 0 Å².